The molecule has 306 valence electrons. The molecule has 8 aromatic carbocycles. The molecule has 0 saturated heterocycles. The first-order chi connectivity index (χ1) is 31.7. The van der Waals surface area contributed by atoms with E-state index in [2.05, 4.69) is 227 Å². The molecule has 0 saturated carbocycles. The van der Waals surface area contributed by atoms with Gasteiger partial charge in [-0.25, -0.2) is 0 Å². The van der Waals surface area contributed by atoms with Crippen molar-refractivity contribution in [2.75, 3.05) is 9.80 Å². The molecule has 0 bridgehead atoms. The number of hydrogen-bond acceptors (Lipinski definition) is 3. The zero-order chi connectivity index (χ0) is 42.4. The first kappa shape index (κ1) is 37.7. The molecule has 12 rings (SSSR count). The zero-order valence-corrected chi connectivity index (χ0v) is 35.4. The summed E-state index contributed by atoms with van der Waals surface area (Å²) < 4.78 is 8.55. The van der Waals surface area contributed by atoms with Gasteiger partial charge in [-0.05, 0) is 151 Å². The zero-order valence-electron chi connectivity index (χ0n) is 35.4. The summed E-state index contributed by atoms with van der Waals surface area (Å²) in [7, 11) is 0. The second kappa shape index (κ2) is 16.0. The molecule has 0 aliphatic heterocycles. The number of allylic oxidation sites excluding steroid dienone is 8. The second-order valence-corrected chi connectivity index (χ2v) is 16.8. The summed E-state index contributed by atoms with van der Waals surface area (Å²) >= 11 is 0. The number of fused-ring (bicyclic) bond motifs is 6. The van der Waals surface area contributed by atoms with Crippen molar-refractivity contribution in [3.8, 4) is 5.69 Å². The van der Waals surface area contributed by atoms with E-state index in [-0.39, 0.29) is 0 Å². The number of anilines is 5. The Kier molecular flexibility index (Phi) is 9.41. The molecule has 0 unspecified atom stereocenters. The lowest BCUT2D eigenvalue weighted by atomic mass is 9.86. The normalized spacial score (nSPS) is 14.1. The Morgan fingerprint density at radius 2 is 0.859 bits per heavy atom. The smallest absolute Gasteiger partial charge is 0.135 e. The topological polar surface area (TPSA) is 24.6 Å². The van der Waals surface area contributed by atoms with Gasteiger partial charge in [0.15, 0.2) is 0 Å². The van der Waals surface area contributed by atoms with Gasteiger partial charge >= 0.3 is 0 Å². The Morgan fingerprint density at radius 3 is 1.58 bits per heavy atom. The predicted octanol–water partition coefficient (Wildman–Crippen LogP) is 16.7. The molecule has 10 aromatic rings. The Labute approximate surface area is 373 Å². The number of rotatable bonds is 9. The van der Waals surface area contributed by atoms with Crippen molar-refractivity contribution in [3.05, 3.63) is 247 Å². The van der Waals surface area contributed by atoms with Crippen molar-refractivity contribution in [2.24, 2.45) is 0 Å². The maximum atomic E-state index is 6.18. The third-order valence-electron chi connectivity index (χ3n) is 13.0. The fraction of sp³-hybridized carbons (Fsp3) is 0.0667. The number of furan rings is 1. The van der Waals surface area contributed by atoms with E-state index in [1.165, 1.54) is 49.8 Å². The van der Waals surface area contributed by atoms with Gasteiger partial charge in [-0.15, -0.1) is 0 Å². The van der Waals surface area contributed by atoms with E-state index < -0.39 is 0 Å². The molecule has 2 aromatic heterocycles. The molecule has 0 amide bonds. The Bertz CT molecular complexity index is 3480. The van der Waals surface area contributed by atoms with E-state index in [4.69, 9.17) is 4.42 Å². The van der Waals surface area contributed by atoms with Gasteiger partial charge in [0.25, 0.3) is 0 Å². The highest BCUT2D eigenvalue weighted by molar-refractivity contribution is 6.11. The standard InChI is InChI=1S/C60H45N3O/c1-4-14-46(15-5-1)61(51-36-38-58-55(40-51)53-20-10-12-22-57(53)63(58)48-18-8-3-9-19-48)49-32-28-44(29-33-49)42-24-26-43(27-25-42)45-30-34-50(35-31-45)62(47-16-6-2-7-17-47)52-37-39-60-56(41-52)54-21-11-13-23-59(54)64-60/h1-24,26,28-30,32-34,36-41H,25,27,31,35H2. The minimum atomic E-state index is 0.914. The lowest BCUT2D eigenvalue weighted by Gasteiger charge is -2.30. The SMILES string of the molecule is C1=C(C2=CC=C(N(c3ccccc3)c3ccc4oc5ccccc5c4c3)CC2)CCC(c2ccc(N(c3ccccc3)c3ccc4c(c3)c3ccccc3n4-c3ccccc3)cc2)=C1. The predicted molar refractivity (Wildman–Crippen MR) is 268 cm³/mol. The minimum Gasteiger partial charge on any atom is -0.456 e. The van der Waals surface area contributed by atoms with Crippen molar-refractivity contribution >= 4 is 77.8 Å². The first-order valence-corrected chi connectivity index (χ1v) is 22.3. The van der Waals surface area contributed by atoms with Crippen LogP contribution in [0.4, 0.5) is 28.4 Å². The van der Waals surface area contributed by atoms with E-state index in [1.807, 2.05) is 12.1 Å². The van der Waals surface area contributed by atoms with Gasteiger partial charge in [0.2, 0.25) is 0 Å². The van der Waals surface area contributed by atoms with Crippen molar-refractivity contribution in [1.82, 2.24) is 4.57 Å². The van der Waals surface area contributed by atoms with Crippen LogP contribution in [0.2, 0.25) is 0 Å². The van der Waals surface area contributed by atoms with Crippen LogP contribution in [0.5, 0.6) is 0 Å². The average Bonchev–Trinajstić information content (AvgIpc) is 3.91. The number of hydrogen-bond donors (Lipinski definition) is 0. The van der Waals surface area contributed by atoms with E-state index in [0.717, 1.165) is 81.7 Å². The average molecular weight is 824 g/mol. The molecule has 2 aliphatic carbocycles. The van der Waals surface area contributed by atoms with Crippen LogP contribution in [0.25, 0.3) is 55.0 Å². The molecule has 64 heavy (non-hydrogen) atoms. The van der Waals surface area contributed by atoms with Crippen molar-refractivity contribution < 1.29 is 4.42 Å². The van der Waals surface area contributed by atoms with E-state index in [0.29, 0.717) is 0 Å². The summed E-state index contributed by atoms with van der Waals surface area (Å²) in [5.41, 5.74) is 17.9. The molecule has 2 aliphatic rings. The van der Waals surface area contributed by atoms with Gasteiger partial charge in [0.05, 0.1) is 11.0 Å². The molecule has 0 atom stereocenters. The van der Waals surface area contributed by atoms with Crippen LogP contribution in [0.3, 0.4) is 0 Å². The highest BCUT2D eigenvalue weighted by atomic mass is 16.3. The van der Waals surface area contributed by atoms with Gasteiger partial charge < -0.3 is 18.8 Å². The third-order valence-corrected chi connectivity index (χ3v) is 13.0. The fourth-order valence-electron chi connectivity index (χ4n) is 9.94. The summed E-state index contributed by atoms with van der Waals surface area (Å²) in [6.07, 6.45) is 13.4. The lowest BCUT2D eigenvalue weighted by Crippen LogP contribution is -2.18. The quantitative estimate of drug-likeness (QED) is 0.145. The molecular weight excluding hydrogens is 779 g/mol. The second-order valence-electron chi connectivity index (χ2n) is 16.8. The molecule has 2 heterocycles. The van der Waals surface area contributed by atoms with Crippen LogP contribution in [0.1, 0.15) is 31.2 Å². The monoisotopic (exact) mass is 823 g/mol. The van der Waals surface area contributed by atoms with Crippen LogP contribution in [-0.4, -0.2) is 4.57 Å². The summed E-state index contributed by atoms with van der Waals surface area (Å²) in [6.45, 7) is 0. The maximum Gasteiger partial charge on any atom is 0.135 e. The highest BCUT2D eigenvalue weighted by Gasteiger charge is 2.22. The molecule has 0 fully saturated rings. The van der Waals surface area contributed by atoms with Crippen molar-refractivity contribution in [3.63, 3.8) is 0 Å². The first-order valence-electron chi connectivity index (χ1n) is 22.3. The van der Waals surface area contributed by atoms with E-state index >= 15 is 0 Å². The number of benzene rings is 8. The van der Waals surface area contributed by atoms with Crippen LogP contribution < -0.4 is 9.80 Å². The number of aromatic nitrogens is 1. The third kappa shape index (κ3) is 6.72. The van der Waals surface area contributed by atoms with Crippen LogP contribution in [0.15, 0.2) is 246 Å². The van der Waals surface area contributed by atoms with Gasteiger partial charge in [-0.2, -0.15) is 0 Å². The van der Waals surface area contributed by atoms with Gasteiger partial charge in [-0.3, -0.25) is 0 Å². The number of para-hydroxylation sites is 5. The Morgan fingerprint density at radius 1 is 0.344 bits per heavy atom. The summed E-state index contributed by atoms with van der Waals surface area (Å²) in [4.78, 5) is 4.78. The summed E-state index contributed by atoms with van der Waals surface area (Å²) in [6, 6.07) is 71.8. The van der Waals surface area contributed by atoms with Gasteiger partial charge in [0, 0.05) is 61.4 Å². The Hall–Kier alpha value is -8.08. The van der Waals surface area contributed by atoms with Crippen LogP contribution >= 0.6 is 0 Å². The molecule has 0 radical (unpaired) electrons. The fourth-order valence-corrected chi connectivity index (χ4v) is 9.94. The van der Waals surface area contributed by atoms with E-state index in [1.54, 1.807) is 0 Å². The van der Waals surface area contributed by atoms with Crippen LogP contribution in [0, 0.1) is 0 Å². The lowest BCUT2D eigenvalue weighted by molar-refractivity contribution is 0.669. The van der Waals surface area contributed by atoms with Gasteiger partial charge in [-0.1, -0.05) is 121 Å². The molecular formula is C60H45N3O. The van der Waals surface area contributed by atoms with E-state index in [9.17, 15) is 0 Å². The highest BCUT2D eigenvalue weighted by Crippen LogP contribution is 2.43. The van der Waals surface area contributed by atoms with Crippen molar-refractivity contribution in [1.29, 1.82) is 0 Å². The Balaban J connectivity index is 0.831. The van der Waals surface area contributed by atoms with Gasteiger partial charge in [0.1, 0.15) is 11.2 Å². The minimum absolute atomic E-state index is 0.914. The largest absolute Gasteiger partial charge is 0.456 e. The molecule has 4 nitrogen and oxygen atoms in total. The summed E-state index contributed by atoms with van der Waals surface area (Å²) in [5.74, 6) is 0. The maximum absolute atomic E-state index is 6.18. The van der Waals surface area contributed by atoms with Crippen molar-refractivity contribution in [2.45, 2.75) is 25.7 Å². The van der Waals surface area contributed by atoms with Crippen LogP contribution in [-0.2, 0) is 0 Å². The molecule has 0 N–H and O–H groups in total. The number of nitrogens with zero attached hydrogens (tertiary/aromatic N) is 3. The molecule has 0 spiro atoms. The summed E-state index contributed by atoms with van der Waals surface area (Å²) in [5, 5.41) is 4.77. The molecule has 4 heteroatoms.